The lowest BCUT2D eigenvalue weighted by atomic mass is 9.93. The number of hydrogen-bond acceptors (Lipinski definition) is 2. The van der Waals surface area contributed by atoms with Crippen LogP contribution in [0.25, 0.3) is 11.0 Å². The molecule has 0 saturated heterocycles. The molecule has 1 unspecified atom stereocenters. The minimum atomic E-state index is 0.467. The van der Waals surface area contributed by atoms with Crippen LogP contribution in [0, 0.1) is 0 Å². The van der Waals surface area contributed by atoms with Crippen LogP contribution in [0.1, 0.15) is 76.7 Å². The summed E-state index contributed by atoms with van der Waals surface area (Å²) < 4.78 is 6.12. The lowest BCUT2D eigenvalue weighted by Crippen LogP contribution is -2.22. The number of nitrogens with one attached hydrogen (secondary N) is 1. The Labute approximate surface area is 128 Å². The Bertz CT molecular complexity index is 595. The molecule has 0 aliphatic carbocycles. The zero-order valence-electron chi connectivity index (χ0n) is 14.3. The first-order chi connectivity index (χ1) is 9.93. The molecule has 0 aliphatic heterocycles. The summed E-state index contributed by atoms with van der Waals surface area (Å²) in [7, 11) is 0. The molecule has 1 N–H and O–H groups in total. The van der Waals surface area contributed by atoms with Crippen molar-refractivity contribution in [2.45, 2.75) is 72.4 Å². The van der Waals surface area contributed by atoms with Gasteiger partial charge in [0.2, 0.25) is 0 Å². The van der Waals surface area contributed by atoms with Crippen molar-refractivity contribution in [3.63, 3.8) is 0 Å². The highest BCUT2D eigenvalue weighted by molar-refractivity contribution is 5.83. The minimum absolute atomic E-state index is 0.467. The highest BCUT2D eigenvalue weighted by Gasteiger charge is 2.18. The Morgan fingerprint density at radius 1 is 1.10 bits per heavy atom. The van der Waals surface area contributed by atoms with Gasteiger partial charge in [0.25, 0.3) is 0 Å². The summed E-state index contributed by atoms with van der Waals surface area (Å²) in [5.41, 5.74) is 3.80. The fraction of sp³-hybridized carbons (Fsp3) is 0.579. The van der Waals surface area contributed by atoms with E-state index in [1.807, 2.05) is 0 Å². The Kier molecular flexibility index (Phi) is 5.10. The van der Waals surface area contributed by atoms with E-state index < -0.39 is 0 Å². The fourth-order valence-corrected chi connectivity index (χ4v) is 2.79. The van der Waals surface area contributed by atoms with Gasteiger partial charge >= 0.3 is 0 Å². The Morgan fingerprint density at radius 3 is 2.38 bits per heavy atom. The first-order valence-electron chi connectivity index (χ1n) is 8.22. The Hall–Kier alpha value is -1.28. The third kappa shape index (κ3) is 3.49. The summed E-state index contributed by atoms with van der Waals surface area (Å²) in [6.45, 7) is 14.2. The van der Waals surface area contributed by atoms with Crippen LogP contribution in [-0.4, -0.2) is 6.04 Å². The fourth-order valence-electron chi connectivity index (χ4n) is 2.79. The minimum Gasteiger partial charge on any atom is -0.459 e. The smallest absolute Gasteiger partial charge is 0.134 e. The average Bonchev–Trinajstić information content (AvgIpc) is 2.81. The molecule has 21 heavy (non-hydrogen) atoms. The Balaban J connectivity index is 2.48. The molecule has 0 spiro atoms. The molecule has 1 aromatic heterocycles. The van der Waals surface area contributed by atoms with E-state index >= 15 is 0 Å². The lowest BCUT2D eigenvalue weighted by Gasteiger charge is -2.11. The van der Waals surface area contributed by atoms with Crippen LogP contribution in [0.5, 0.6) is 0 Å². The molecular formula is C19H29NO. The van der Waals surface area contributed by atoms with Gasteiger partial charge in [-0.15, -0.1) is 0 Å². The number of furan rings is 1. The van der Waals surface area contributed by atoms with Crippen molar-refractivity contribution in [1.29, 1.82) is 0 Å². The summed E-state index contributed by atoms with van der Waals surface area (Å²) in [6, 6.07) is 7.15. The van der Waals surface area contributed by atoms with Crippen molar-refractivity contribution in [2.24, 2.45) is 0 Å². The topological polar surface area (TPSA) is 25.2 Å². The predicted molar refractivity (Wildman–Crippen MR) is 91.0 cm³/mol. The molecule has 0 radical (unpaired) electrons. The first kappa shape index (κ1) is 16.1. The van der Waals surface area contributed by atoms with Crippen molar-refractivity contribution in [3.05, 3.63) is 35.1 Å². The van der Waals surface area contributed by atoms with E-state index in [9.17, 15) is 0 Å². The maximum atomic E-state index is 6.12. The van der Waals surface area contributed by atoms with Crippen molar-refractivity contribution >= 4 is 11.0 Å². The van der Waals surface area contributed by atoms with Crippen LogP contribution < -0.4 is 5.32 Å². The second-order valence-electron chi connectivity index (χ2n) is 6.69. The number of rotatable bonds is 6. The van der Waals surface area contributed by atoms with Gasteiger partial charge in [-0.2, -0.15) is 0 Å². The Morgan fingerprint density at radius 2 is 1.81 bits per heavy atom. The van der Waals surface area contributed by atoms with Crippen LogP contribution in [0.4, 0.5) is 0 Å². The molecule has 2 heteroatoms. The van der Waals surface area contributed by atoms with Gasteiger partial charge in [-0.05, 0) is 36.0 Å². The number of hydrogen-bond donors (Lipinski definition) is 1. The SMILES string of the molecule is CCC(C)c1ccc2oc(CNC(C)C)c(C(C)C)c2c1. The van der Waals surface area contributed by atoms with Gasteiger partial charge in [0.15, 0.2) is 0 Å². The molecule has 1 heterocycles. The summed E-state index contributed by atoms with van der Waals surface area (Å²) in [4.78, 5) is 0. The molecule has 1 aromatic carbocycles. The van der Waals surface area contributed by atoms with E-state index in [1.54, 1.807) is 0 Å². The van der Waals surface area contributed by atoms with E-state index in [1.165, 1.54) is 22.9 Å². The summed E-state index contributed by atoms with van der Waals surface area (Å²) in [5.74, 6) is 2.17. The van der Waals surface area contributed by atoms with Gasteiger partial charge in [-0.1, -0.05) is 47.6 Å². The molecule has 0 saturated carbocycles. The van der Waals surface area contributed by atoms with Gasteiger partial charge < -0.3 is 9.73 Å². The highest BCUT2D eigenvalue weighted by Crippen LogP contribution is 2.34. The molecule has 0 amide bonds. The number of fused-ring (bicyclic) bond motifs is 1. The molecule has 2 aromatic rings. The van der Waals surface area contributed by atoms with Gasteiger partial charge in [-0.25, -0.2) is 0 Å². The third-order valence-corrected chi connectivity index (χ3v) is 4.26. The molecule has 2 nitrogen and oxygen atoms in total. The lowest BCUT2D eigenvalue weighted by molar-refractivity contribution is 0.480. The van der Waals surface area contributed by atoms with Crippen molar-refractivity contribution < 1.29 is 4.42 Å². The van der Waals surface area contributed by atoms with Gasteiger partial charge in [0.1, 0.15) is 11.3 Å². The van der Waals surface area contributed by atoms with Gasteiger partial charge in [0.05, 0.1) is 6.54 Å². The normalized spacial score (nSPS) is 13.5. The van der Waals surface area contributed by atoms with E-state index in [-0.39, 0.29) is 0 Å². The largest absolute Gasteiger partial charge is 0.459 e. The van der Waals surface area contributed by atoms with Gasteiger partial charge in [-0.3, -0.25) is 0 Å². The summed E-state index contributed by atoms with van der Waals surface area (Å²) in [5, 5.41) is 4.77. The second-order valence-corrected chi connectivity index (χ2v) is 6.69. The van der Waals surface area contributed by atoms with E-state index in [0.717, 1.165) is 17.9 Å². The van der Waals surface area contributed by atoms with Crippen LogP contribution in [0.2, 0.25) is 0 Å². The molecule has 0 fully saturated rings. The predicted octanol–water partition coefficient (Wildman–Crippen LogP) is 5.57. The third-order valence-electron chi connectivity index (χ3n) is 4.26. The van der Waals surface area contributed by atoms with E-state index in [0.29, 0.717) is 17.9 Å². The summed E-state index contributed by atoms with van der Waals surface area (Å²) in [6.07, 6.45) is 1.17. The van der Waals surface area contributed by atoms with Crippen LogP contribution in [0.3, 0.4) is 0 Å². The average molecular weight is 287 g/mol. The van der Waals surface area contributed by atoms with Crippen LogP contribution in [0.15, 0.2) is 22.6 Å². The van der Waals surface area contributed by atoms with Crippen molar-refractivity contribution in [2.75, 3.05) is 0 Å². The van der Waals surface area contributed by atoms with Gasteiger partial charge in [0, 0.05) is 17.0 Å². The molecule has 2 rings (SSSR count). The standard InChI is InChI=1S/C19H29NO/c1-7-14(6)15-8-9-17-16(10-15)19(12(2)3)18(21-17)11-20-13(4)5/h8-10,12-14,20H,7,11H2,1-6H3. The zero-order chi connectivity index (χ0) is 15.6. The molecule has 0 bridgehead atoms. The molecule has 0 aliphatic rings. The summed E-state index contributed by atoms with van der Waals surface area (Å²) >= 11 is 0. The van der Waals surface area contributed by atoms with E-state index in [4.69, 9.17) is 4.42 Å². The highest BCUT2D eigenvalue weighted by atomic mass is 16.3. The van der Waals surface area contributed by atoms with Crippen LogP contribution >= 0.6 is 0 Å². The molecule has 116 valence electrons. The maximum absolute atomic E-state index is 6.12. The second kappa shape index (κ2) is 6.65. The quantitative estimate of drug-likeness (QED) is 0.751. The van der Waals surface area contributed by atoms with Crippen molar-refractivity contribution in [3.8, 4) is 0 Å². The first-order valence-corrected chi connectivity index (χ1v) is 8.22. The maximum Gasteiger partial charge on any atom is 0.134 e. The number of benzene rings is 1. The molecule has 1 atom stereocenters. The van der Waals surface area contributed by atoms with Crippen molar-refractivity contribution in [1.82, 2.24) is 5.32 Å². The monoisotopic (exact) mass is 287 g/mol. The van der Waals surface area contributed by atoms with E-state index in [2.05, 4.69) is 65.1 Å². The van der Waals surface area contributed by atoms with Crippen LogP contribution in [-0.2, 0) is 6.54 Å². The zero-order valence-corrected chi connectivity index (χ0v) is 14.3. The molecular weight excluding hydrogens is 258 g/mol.